The highest BCUT2D eigenvalue weighted by Crippen LogP contribution is 2.23. The monoisotopic (exact) mass is 448 g/mol. The molecule has 0 fully saturated rings. The Morgan fingerprint density at radius 2 is 1.62 bits per heavy atom. The van der Waals surface area contributed by atoms with Crippen LogP contribution in [0.1, 0.15) is 23.7 Å². The van der Waals surface area contributed by atoms with Gasteiger partial charge in [-0.3, -0.25) is 14.2 Å². The quantitative estimate of drug-likeness (QED) is 0.467. The summed E-state index contributed by atoms with van der Waals surface area (Å²) in [5, 5.41) is 3.05. The molecule has 2 aromatic heterocycles. The van der Waals surface area contributed by atoms with Gasteiger partial charge in [-0.15, -0.1) is 0 Å². The highest BCUT2D eigenvalue weighted by atomic mass is 32.2. The maximum absolute atomic E-state index is 13.1. The van der Waals surface area contributed by atoms with E-state index in [0.717, 1.165) is 11.3 Å². The van der Waals surface area contributed by atoms with Crippen LogP contribution in [-0.2, 0) is 16.4 Å². The Bertz CT molecular complexity index is 1360. The summed E-state index contributed by atoms with van der Waals surface area (Å²) in [5.41, 5.74) is 2.82. The summed E-state index contributed by atoms with van der Waals surface area (Å²) in [4.78, 5) is 17.3. The van der Waals surface area contributed by atoms with Gasteiger partial charge in [0.25, 0.3) is 15.6 Å². The SMILES string of the molecule is CCN(c1ccccc1)S(=O)(=O)c1ccc(-n2[nH]c(C)c(Cc3ccccc3)c2=O)nc1. The van der Waals surface area contributed by atoms with Gasteiger partial charge in [-0.25, -0.2) is 18.1 Å². The van der Waals surface area contributed by atoms with Gasteiger partial charge < -0.3 is 0 Å². The van der Waals surface area contributed by atoms with Gasteiger partial charge in [-0.2, -0.15) is 0 Å². The lowest BCUT2D eigenvalue weighted by Crippen LogP contribution is -2.30. The summed E-state index contributed by atoms with van der Waals surface area (Å²) < 4.78 is 29.0. The molecular weight excluding hydrogens is 424 g/mol. The largest absolute Gasteiger partial charge is 0.294 e. The second-order valence-corrected chi connectivity index (χ2v) is 9.24. The third kappa shape index (κ3) is 4.09. The van der Waals surface area contributed by atoms with Crippen LogP contribution in [-0.4, -0.2) is 29.7 Å². The summed E-state index contributed by atoms with van der Waals surface area (Å²) in [6, 6.07) is 21.7. The van der Waals surface area contributed by atoms with E-state index >= 15 is 0 Å². The molecule has 2 aromatic carbocycles. The van der Waals surface area contributed by atoms with E-state index in [1.54, 1.807) is 31.2 Å². The zero-order valence-corrected chi connectivity index (χ0v) is 18.7. The molecule has 0 spiro atoms. The molecule has 0 atom stereocenters. The van der Waals surface area contributed by atoms with Gasteiger partial charge in [0.05, 0.1) is 5.69 Å². The van der Waals surface area contributed by atoms with E-state index in [2.05, 4.69) is 10.1 Å². The van der Waals surface area contributed by atoms with E-state index in [1.807, 2.05) is 43.3 Å². The van der Waals surface area contributed by atoms with E-state index in [4.69, 9.17) is 0 Å². The molecule has 0 saturated heterocycles. The van der Waals surface area contributed by atoms with E-state index in [1.165, 1.54) is 27.3 Å². The molecule has 0 aliphatic carbocycles. The molecule has 0 aliphatic heterocycles. The summed E-state index contributed by atoms with van der Waals surface area (Å²) in [7, 11) is -3.78. The number of H-pyrrole nitrogens is 1. The average Bonchev–Trinajstić information content (AvgIpc) is 3.09. The smallest absolute Gasteiger partial charge is 0.276 e. The second-order valence-electron chi connectivity index (χ2n) is 7.38. The predicted octanol–water partition coefficient (Wildman–Crippen LogP) is 3.68. The third-order valence-corrected chi connectivity index (χ3v) is 7.17. The van der Waals surface area contributed by atoms with Gasteiger partial charge in [-0.1, -0.05) is 48.5 Å². The molecule has 2 heterocycles. The van der Waals surface area contributed by atoms with Crippen molar-refractivity contribution in [2.24, 2.45) is 0 Å². The molecule has 164 valence electrons. The Hall–Kier alpha value is -3.65. The average molecular weight is 449 g/mol. The third-order valence-electron chi connectivity index (χ3n) is 5.29. The predicted molar refractivity (Wildman–Crippen MR) is 125 cm³/mol. The summed E-state index contributed by atoms with van der Waals surface area (Å²) in [6.07, 6.45) is 1.79. The van der Waals surface area contributed by atoms with Crippen LogP contribution in [0.2, 0.25) is 0 Å². The molecule has 0 aliphatic rings. The Kier molecular flexibility index (Phi) is 5.96. The number of benzene rings is 2. The van der Waals surface area contributed by atoms with Gasteiger partial charge in [0, 0.05) is 30.4 Å². The van der Waals surface area contributed by atoms with Crippen LogP contribution in [0.15, 0.2) is 88.7 Å². The van der Waals surface area contributed by atoms with Gasteiger partial charge in [0.15, 0.2) is 5.82 Å². The van der Waals surface area contributed by atoms with Crippen LogP contribution < -0.4 is 9.86 Å². The highest BCUT2D eigenvalue weighted by Gasteiger charge is 2.24. The first-order valence-corrected chi connectivity index (χ1v) is 11.7. The van der Waals surface area contributed by atoms with Crippen molar-refractivity contribution in [3.63, 3.8) is 0 Å². The van der Waals surface area contributed by atoms with E-state index in [0.29, 0.717) is 23.5 Å². The van der Waals surface area contributed by atoms with Gasteiger partial charge in [0.2, 0.25) is 0 Å². The van der Waals surface area contributed by atoms with Crippen LogP contribution in [0.5, 0.6) is 0 Å². The number of pyridine rings is 1. The van der Waals surface area contributed by atoms with Crippen LogP contribution in [0.3, 0.4) is 0 Å². The molecule has 8 heteroatoms. The van der Waals surface area contributed by atoms with Gasteiger partial charge in [0.1, 0.15) is 4.90 Å². The Balaban J connectivity index is 1.64. The molecule has 32 heavy (non-hydrogen) atoms. The van der Waals surface area contributed by atoms with Crippen molar-refractivity contribution in [2.75, 3.05) is 10.8 Å². The van der Waals surface area contributed by atoms with E-state index < -0.39 is 10.0 Å². The van der Waals surface area contributed by atoms with Crippen molar-refractivity contribution in [3.8, 4) is 5.82 Å². The lowest BCUT2D eigenvalue weighted by Gasteiger charge is -2.22. The van der Waals surface area contributed by atoms with Crippen molar-refractivity contribution >= 4 is 15.7 Å². The Morgan fingerprint density at radius 1 is 0.969 bits per heavy atom. The molecule has 0 unspecified atom stereocenters. The number of aryl methyl sites for hydroxylation is 1. The highest BCUT2D eigenvalue weighted by molar-refractivity contribution is 7.92. The summed E-state index contributed by atoms with van der Waals surface area (Å²) in [6.45, 7) is 3.90. The van der Waals surface area contributed by atoms with Crippen molar-refractivity contribution in [1.29, 1.82) is 0 Å². The fourth-order valence-corrected chi connectivity index (χ4v) is 5.04. The number of anilines is 1. The number of aromatic nitrogens is 3. The first kappa shape index (κ1) is 21.6. The number of aromatic amines is 1. The van der Waals surface area contributed by atoms with Crippen molar-refractivity contribution in [3.05, 3.63) is 106 Å². The standard InChI is InChI=1S/C24H24N4O3S/c1-3-27(20-12-8-5-9-13-20)32(30,31)21-14-15-23(25-17-21)28-24(29)22(18(2)26-28)16-19-10-6-4-7-11-19/h4-15,17,26H,3,16H2,1-2H3. The molecular formula is C24H24N4O3S. The summed E-state index contributed by atoms with van der Waals surface area (Å²) in [5.74, 6) is 0.333. The number of rotatable bonds is 7. The Labute approximate surface area is 187 Å². The van der Waals surface area contributed by atoms with Gasteiger partial charge >= 0.3 is 0 Å². The first-order chi connectivity index (χ1) is 15.4. The maximum Gasteiger partial charge on any atom is 0.276 e. The number of nitrogens with one attached hydrogen (secondary N) is 1. The normalized spacial score (nSPS) is 11.4. The Morgan fingerprint density at radius 3 is 2.22 bits per heavy atom. The van der Waals surface area contributed by atoms with Crippen molar-refractivity contribution in [2.45, 2.75) is 25.2 Å². The number of hydrogen-bond donors (Lipinski definition) is 1. The lowest BCUT2D eigenvalue weighted by molar-refractivity contribution is 0.591. The molecule has 4 aromatic rings. The van der Waals surface area contributed by atoms with E-state index in [-0.39, 0.29) is 17.0 Å². The van der Waals surface area contributed by atoms with Crippen LogP contribution in [0.4, 0.5) is 5.69 Å². The molecule has 7 nitrogen and oxygen atoms in total. The fourth-order valence-electron chi connectivity index (χ4n) is 3.62. The molecule has 0 saturated carbocycles. The van der Waals surface area contributed by atoms with Crippen LogP contribution in [0, 0.1) is 6.92 Å². The molecule has 0 bridgehead atoms. The van der Waals surface area contributed by atoms with Crippen molar-refractivity contribution in [1.82, 2.24) is 14.8 Å². The number of hydrogen-bond acceptors (Lipinski definition) is 4. The fraction of sp³-hybridized carbons (Fsp3) is 0.167. The molecule has 1 N–H and O–H groups in total. The summed E-state index contributed by atoms with van der Waals surface area (Å²) >= 11 is 0. The molecule has 0 amide bonds. The number of sulfonamides is 1. The second kappa shape index (κ2) is 8.84. The van der Waals surface area contributed by atoms with Crippen LogP contribution >= 0.6 is 0 Å². The van der Waals surface area contributed by atoms with Gasteiger partial charge in [-0.05, 0) is 43.7 Å². The minimum Gasteiger partial charge on any atom is -0.294 e. The zero-order valence-electron chi connectivity index (χ0n) is 17.9. The van der Waals surface area contributed by atoms with E-state index in [9.17, 15) is 13.2 Å². The maximum atomic E-state index is 13.1. The number of nitrogens with zero attached hydrogens (tertiary/aromatic N) is 3. The lowest BCUT2D eigenvalue weighted by atomic mass is 10.1. The minimum absolute atomic E-state index is 0.0628. The molecule has 4 rings (SSSR count). The molecule has 0 radical (unpaired) electrons. The van der Waals surface area contributed by atoms with Crippen molar-refractivity contribution < 1.29 is 8.42 Å². The first-order valence-electron chi connectivity index (χ1n) is 10.3. The topological polar surface area (TPSA) is 88.1 Å². The van der Waals surface area contributed by atoms with Crippen LogP contribution in [0.25, 0.3) is 5.82 Å². The minimum atomic E-state index is -3.78. The number of para-hydroxylation sites is 1. The zero-order chi connectivity index (χ0) is 22.7.